The second-order valence-electron chi connectivity index (χ2n) is 7.80. The van der Waals surface area contributed by atoms with E-state index in [-0.39, 0.29) is 18.2 Å². The number of nitriles is 1. The smallest absolute Gasteiger partial charge is 0.385 e. The van der Waals surface area contributed by atoms with Gasteiger partial charge in [-0.25, -0.2) is 0 Å². The normalized spacial score (nSPS) is 18.9. The first-order valence-electron chi connectivity index (χ1n) is 10.7. The van der Waals surface area contributed by atoms with Gasteiger partial charge in [-0.15, -0.1) is 11.8 Å². The molecule has 8 nitrogen and oxygen atoms in total. The van der Waals surface area contributed by atoms with Crippen LogP contribution in [0.2, 0.25) is 0 Å². The molecule has 34 heavy (non-hydrogen) atoms. The predicted molar refractivity (Wildman–Crippen MR) is 124 cm³/mol. The van der Waals surface area contributed by atoms with Crippen molar-refractivity contribution < 1.29 is 27.6 Å². The number of halogens is 3. The summed E-state index contributed by atoms with van der Waals surface area (Å²) >= 11 is 1.31. The number of amides is 3. The summed E-state index contributed by atoms with van der Waals surface area (Å²) in [6.45, 7) is 2.57. The van der Waals surface area contributed by atoms with Crippen molar-refractivity contribution in [2.75, 3.05) is 36.9 Å². The lowest BCUT2D eigenvalue weighted by molar-refractivity contribution is -0.140. The van der Waals surface area contributed by atoms with Gasteiger partial charge in [0.2, 0.25) is 17.7 Å². The molecule has 2 N–H and O–H groups in total. The van der Waals surface area contributed by atoms with Crippen LogP contribution in [-0.4, -0.2) is 66.1 Å². The first-order valence-corrected chi connectivity index (χ1v) is 11.7. The molecule has 0 saturated carbocycles. The van der Waals surface area contributed by atoms with Crippen molar-refractivity contribution in [1.82, 2.24) is 10.2 Å². The minimum Gasteiger partial charge on any atom is -0.385 e. The zero-order chi connectivity index (χ0) is 25.5. The number of benzene rings is 1. The molecule has 1 heterocycles. The van der Waals surface area contributed by atoms with Crippen LogP contribution in [0.3, 0.4) is 0 Å². The monoisotopic (exact) mass is 499 g/mol. The molecule has 0 radical (unpaired) electrons. The minimum atomic E-state index is -4.57. The maximum absolute atomic E-state index is 12.8. The third kappa shape index (κ3) is 7.55. The Morgan fingerprint density at radius 2 is 2.06 bits per heavy atom. The van der Waals surface area contributed by atoms with E-state index < -0.39 is 35.2 Å². The zero-order valence-corrected chi connectivity index (χ0v) is 20.0. The average molecular weight is 500 g/mol. The van der Waals surface area contributed by atoms with Gasteiger partial charge >= 0.3 is 6.18 Å². The van der Waals surface area contributed by atoms with Crippen LogP contribution in [-0.2, 0) is 14.4 Å². The summed E-state index contributed by atoms with van der Waals surface area (Å²) in [6, 6.07) is 9.05. The van der Waals surface area contributed by atoms with E-state index in [0.29, 0.717) is 19.5 Å². The molecule has 0 bridgehead atoms. The van der Waals surface area contributed by atoms with E-state index in [1.165, 1.54) is 23.6 Å². The van der Waals surface area contributed by atoms with Gasteiger partial charge in [0, 0.05) is 44.9 Å². The summed E-state index contributed by atoms with van der Waals surface area (Å²) in [6.07, 6.45) is -4.14. The van der Waals surface area contributed by atoms with E-state index in [0.717, 1.165) is 11.4 Å². The van der Waals surface area contributed by atoms with Gasteiger partial charge in [0.15, 0.2) is 0 Å². The molecule has 0 aromatic heterocycles. The number of hydrogen-bond donors (Lipinski definition) is 2. The third-order valence-corrected chi connectivity index (χ3v) is 6.91. The van der Waals surface area contributed by atoms with Gasteiger partial charge in [0.1, 0.15) is 12.5 Å². The standard InChI is InChI=1S/C22H28F3N5O3S/c1-4-30-19(10-15(12-26)20(32)28-13-22(23,24)25)34-18(21(30)33)8-9-27-16-6-5-7-17(11-16)29(3)14(2)31/h5-7,11,15,18-19,27H,4,8-10,13H2,1-3H3,(H,28,32). The van der Waals surface area contributed by atoms with Gasteiger partial charge in [-0.1, -0.05) is 6.07 Å². The topological polar surface area (TPSA) is 106 Å². The molecule has 1 aromatic rings. The van der Waals surface area contributed by atoms with Crippen molar-refractivity contribution in [3.8, 4) is 6.07 Å². The Balaban J connectivity index is 1.94. The second-order valence-corrected chi connectivity index (χ2v) is 9.18. The highest BCUT2D eigenvalue weighted by atomic mass is 32.2. The quantitative estimate of drug-likeness (QED) is 0.513. The van der Waals surface area contributed by atoms with Crippen molar-refractivity contribution in [2.45, 2.75) is 43.5 Å². The van der Waals surface area contributed by atoms with Crippen molar-refractivity contribution in [3.05, 3.63) is 24.3 Å². The van der Waals surface area contributed by atoms with Crippen LogP contribution >= 0.6 is 11.8 Å². The highest BCUT2D eigenvalue weighted by Crippen LogP contribution is 2.37. The van der Waals surface area contributed by atoms with Crippen molar-refractivity contribution in [3.63, 3.8) is 0 Å². The molecule has 0 spiro atoms. The predicted octanol–water partition coefficient (Wildman–Crippen LogP) is 2.97. The number of rotatable bonds is 10. The van der Waals surface area contributed by atoms with Crippen LogP contribution < -0.4 is 15.5 Å². The van der Waals surface area contributed by atoms with E-state index >= 15 is 0 Å². The molecule has 0 aliphatic carbocycles. The van der Waals surface area contributed by atoms with E-state index in [1.807, 2.05) is 24.3 Å². The second kappa shape index (κ2) is 12.0. The molecule has 3 atom stereocenters. The average Bonchev–Trinajstić information content (AvgIpc) is 3.08. The number of nitrogens with one attached hydrogen (secondary N) is 2. The molecular weight excluding hydrogens is 471 g/mol. The van der Waals surface area contributed by atoms with Gasteiger partial charge in [-0.2, -0.15) is 18.4 Å². The molecule has 186 valence electrons. The number of carbonyl (C=O) groups excluding carboxylic acids is 3. The van der Waals surface area contributed by atoms with Crippen LogP contribution in [0.15, 0.2) is 24.3 Å². The molecule has 3 unspecified atom stereocenters. The Morgan fingerprint density at radius 1 is 1.35 bits per heavy atom. The molecule has 1 aromatic carbocycles. The van der Waals surface area contributed by atoms with Crippen molar-refractivity contribution in [2.24, 2.45) is 5.92 Å². The summed E-state index contributed by atoms with van der Waals surface area (Å²) in [5.74, 6) is -2.51. The molecular formula is C22H28F3N5O3S. The molecule has 2 rings (SSSR count). The molecule has 1 aliphatic rings. The summed E-state index contributed by atoms with van der Waals surface area (Å²) in [7, 11) is 1.67. The number of anilines is 2. The van der Waals surface area contributed by atoms with Crippen LogP contribution in [0, 0.1) is 17.2 Å². The van der Waals surface area contributed by atoms with Gasteiger partial charge in [0.25, 0.3) is 0 Å². The number of nitrogens with zero attached hydrogens (tertiary/aromatic N) is 3. The number of carbonyl (C=O) groups is 3. The highest BCUT2D eigenvalue weighted by molar-refractivity contribution is 8.01. The lowest BCUT2D eigenvalue weighted by Crippen LogP contribution is -2.40. The Hall–Kier alpha value is -2.94. The summed E-state index contributed by atoms with van der Waals surface area (Å²) in [5, 5.41) is 13.4. The van der Waals surface area contributed by atoms with E-state index in [2.05, 4.69) is 5.32 Å². The third-order valence-electron chi connectivity index (χ3n) is 5.38. The number of hydrogen-bond acceptors (Lipinski definition) is 6. The number of alkyl halides is 3. The van der Waals surface area contributed by atoms with Crippen molar-refractivity contribution in [1.29, 1.82) is 5.26 Å². The molecule has 12 heteroatoms. The lowest BCUT2D eigenvalue weighted by Gasteiger charge is -2.23. The fourth-order valence-corrected chi connectivity index (χ4v) is 5.05. The molecule has 1 aliphatic heterocycles. The highest BCUT2D eigenvalue weighted by Gasteiger charge is 2.41. The Morgan fingerprint density at radius 3 is 2.65 bits per heavy atom. The Labute approximate surface area is 200 Å². The van der Waals surface area contributed by atoms with E-state index in [1.54, 1.807) is 30.3 Å². The van der Waals surface area contributed by atoms with Gasteiger partial charge in [0.05, 0.1) is 16.7 Å². The van der Waals surface area contributed by atoms with Crippen LogP contribution in [0.25, 0.3) is 0 Å². The first-order chi connectivity index (χ1) is 16.0. The Bertz CT molecular complexity index is 937. The van der Waals surface area contributed by atoms with Gasteiger partial charge in [-0.3, -0.25) is 14.4 Å². The van der Waals surface area contributed by atoms with Gasteiger partial charge < -0.3 is 20.4 Å². The van der Waals surface area contributed by atoms with Crippen molar-refractivity contribution >= 4 is 40.9 Å². The molecule has 1 fully saturated rings. The maximum atomic E-state index is 12.8. The number of thioether (sulfide) groups is 1. The minimum absolute atomic E-state index is 0.0478. The summed E-state index contributed by atoms with van der Waals surface area (Å²) in [4.78, 5) is 39.5. The fraction of sp³-hybridized carbons (Fsp3) is 0.545. The van der Waals surface area contributed by atoms with Crippen LogP contribution in [0.5, 0.6) is 0 Å². The fourth-order valence-electron chi connectivity index (χ4n) is 3.47. The van der Waals surface area contributed by atoms with E-state index in [4.69, 9.17) is 0 Å². The van der Waals surface area contributed by atoms with Gasteiger partial charge in [-0.05, 0) is 31.5 Å². The Kier molecular flexibility index (Phi) is 9.61. The SMILES string of the molecule is CCN1C(=O)C(CCNc2cccc(N(C)C(C)=O)c2)SC1CC(C#N)C(=O)NCC(F)(F)F. The molecule has 1 saturated heterocycles. The van der Waals surface area contributed by atoms with Crippen LogP contribution in [0.4, 0.5) is 24.5 Å². The lowest BCUT2D eigenvalue weighted by atomic mass is 10.1. The summed E-state index contributed by atoms with van der Waals surface area (Å²) in [5.41, 5.74) is 1.52. The molecule has 3 amide bonds. The largest absolute Gasteiger partial charge is 0.405 e. The maximum Gasteiger partial charge on any atom is 0.405 e. The van der Waals surface area contributed by atoms with Crippen LogP contribution in [0.1, 0.15) is 26.7 Å². The summed E-state index contributed by atoms with van der Waals surface area (Å²) < 4.78 is 37.1. The zero-order valence-electron chi connectivity index (χ0n) is 19.2. The van der Waals surface area contributed by atoms with E-state index in [9.17, 15) is 32.8 Å². The first kappa shape index (κ1) is 27.3.